The summed E-state index contributed by atoms with van der Waals surface area (Å²) >= 11 is 0. The van der Waals surface area contributed by atoms with E-state index >= 15 is 0 Å². The van der Waals surface area contributed by atoms with Crippen LogP contribution in [-0.4, -0.2) is 45.3 Å². The number of fused-ring (bicyclic) bond motifs is 1. The third-order valence-corrected chi connectivity index (χ3v) is 3.13. The number of rotatable bonds is 2. The van der Waals surface area contributed by atoms with Crippen LogP contribution in [-0.2, 0) is 0 Å². The summed E-state index contributed by atoms with van der Waals surface area (Å²) in [4.78, 5) is 11.4. The number of aliphatic hydroxyl groups is 1. The van der Waals surface area contributed by atoms with Crippen LogP contribution in [0.4, 0.5) is 5.82 Å². The highest BCUT2D eigenvalue weighted by atomic mass is 16.3. The number of aromatic nitrogens is 3. The summed E-state index contributed by atoms with van der Waals surface area (Å²) in [6, 6.07) is 1.98. The molecule has 0 amide bonds. The van der Waals surface area contributed by atoms with Gasteiger partial charge in [0, 0.05) is 12.7 Å². The van der Waals surface area contributed by atoms with Crippen molar-refractivity contribution in [3.05, 3.63) is 18.6 Å². The highest BCUT2D eigenvalue weighted by Crippen LogP contribution is 2.20. The molecular formula is C11H15N5O. The van der Waals surface area contributed by atoms with E-state index in [9.17, 15) is 5.11 Å². The summed E-state index contributed by atoms with van der Waals surface area (Å²) < 4.78 is 0. The van der Waals surface area contributed by atoms with E-state index in [1.807, 2.05) is 12.3 Å². The van der Waals surface area contributed by atoms with Crippen LogP contribution >= 0.6 is 0 Å². The van der Waals surface area contributed by atoms with E-state index < -0.39 is 0 Å². The van der Waals surface area contributed by atoms with Crippen LogP contribution in [0.2, 0.25) is 0 Å². The molecular weight excluding hydrogens is 218 g/mol. The zero-order valence-electron chi connectivity index (χ0n) is 9.35. The molecule has 6 heteroatoms. The van der Waals surface area contributed by atoms with Gasteiger partial charge in [0.2, 0.25) is 0 Å². The molecule has 0 saturated carbocycles. The first-order valence-corrected chi connectivity index (χ1v) is 5.78. The Kier molecular flexibility index (Phi) is 2.66. The molecule has 0 bridgehead atoms. The maximum Gasteiger partial charge on any atom is 0.142 e. The zero-order chi connectivity index (χ0) is 11.7. The molecule has 0 aromatic carbocycles. The lowest BCUT2D eigenvalue weighted by Gasteiger charge is -2.29. The van der Waals surface area contributed by atoms with Crippen LogP contribution in [0.3, 0.4) is 0 Å². The summed E-state index contributed by atoms with van der Waals surface area (Å²) in [5, 5.41) is 17.3. The molecule has 0 radical (unpaired) electrons. The van der Waals surface area contributed by atoms with E-state index in [2.05, 4.69) is 25.6 Å². The molecule has 2 aromatic rings. The Morgan fingerprint density at radius 2 is 2.35 bits per heavy atom. The number of hydrogen-bond acceptors (Lipinski definition) is 5. The van der Waals surface area contributed by atoms with Crippen molar-refractivity contribution in [2.24, 2.45) is 0 Å². The Bertz CT molecular complexity index is 511. The fourth-order valence-corrected chi connectivity index (χ4v) is 2.17. The summed E-state index contributed by atoms with van der Waals surface area (Å²) in [5.74, 6) is 0.780. The molecule has 2 aromatic heterocycles. The van der Waals surface area contributed by atoms with Crippen molar-refractivity contribution in [3.8, 4) is 0 Å². The van der Waals surface area contributed by atoms with Crippen molar-refractivity contribution in [3.63, 3.8) is 0 Å². The van der Waals surface area contributed by atoms with Gasteiger partial charge in [-0.3, -0.25) is 0 Å². The molecule has 0 aliphatic carbocycles. The lowest BCUT2D eigenvalue weighted by molar-refractivity contribution is 0.128. The van der Waals surface area contributed by atoms with Gasteiger partial charge in [0.25, 0.3) is 0 Å². The average molecular weight is 233 g/mol. The van der Waals surface area contributed by atoms with Gasteiger partial charge in [0.05, 0.1) is 17.5 Å². The van der Waals surface area contributed by atoms with E-state index in [4.69, 9.17) is 0 Å². The van der Waals surface area contributed by atoms with Crippen molar-refractivity contribution in [1.29, 1.82) is 0 Å². The molecule has 4 N–H and O–H groups in total. The number of β-amino-alcohol motifs (C(OH)–C–C–N with tert-alkyl or cyclic N) is 1. The van der Waals surface area contributed by atoms with Crippen molar-refractivity contribution in [2.75, 3.05) is 18.4 Å². The van der Waals surface area contributed by atoms with Crippen molar-refractivity contribution >= 4 is 16.9 Å². The Balaban J connectivity index is 1.86. The minimum Gasteiger partial charge on any atom is -0.390 e. The Hall–Kier alpha value is -1.66. The summed E-state index contributed by atoms with van der Waals surface area (Å²) in [6.07, 6.45) is 3.86. The van der Waals surface area contributed by atoms with Gasteiger partial charge >= 0.3 is 0 Å². The second-order valence-corrected chi connectivity index (χ2v) is 4.27. The number of aromatic amines is 1. The molecule has 0 spiro atoms. The van der Waals surface area contributed by atoms with Gasteiger partial charge in [-0.15, -0.1) is 0 Å². The molecule has 6 nitrogen and oxygen atoms in total. The first-order valence-electron chi connectivity index (χ1n) is 5.78. The Labute approximate surface area is 98.5 Å². The lowest BCUT2D eigenvalue weighted by atomic mass is 10.0. The molecule has 17 heavy (non-hydrogen) atoms. The van der Waals surface area contributed by atoms with Crippen LogP contribution in [0.15, 0.2) is 18.6 Å². The lowest BCUT2D eigenvalue weighted by Crippen LogP contribution is -2.47. The van der Waals surface area contributed by atoms with E-state index in [1.165, 1.54) is 6.33 Å². The molecule has 1 aliphatic rings. The van der Waals surface area contributed by atoms with Crippen LogP contribution in [0.25, 0.3) is 11.0 Å². The number of piperidine rings is 1. The number of nitrogens with zero attached hydrogens (tertiary/aromatic N) is 2. The second-order valence-electron chi connectivity index (χ2n) is 4.27. The normalized spacial score (nSPS) is 25.0. The van der Waals surface area contributed by atoms with Gasteiger partial charge in [0.15, 0.2) is 0 Å². The maximum absolute atomic E-state index is 9.88. The molecule has 3 rings (SSSR count). The molecule has 2 atom stereocenters. The molecule has 1 fully saturated rings. The summed E-state index contributed by atoms with van der Waals surface area (Å²) in [6.45, 7) is 1.54. The topological polar surface area (TPSA) is 85.9 Å². The fourth-order valence-electron chi connectivity index (χ4n) is 2.17. The van der Waals surface area contributed by atoms with E-state index in [0.29, 0.717) is 6.54 Å². The van der Waals surface area contributed by atoms with Gasteiger partial charge in [0.1, 0.15) is 17.8 Å². The quantitative estimate of drug-likeness (QED) is 0.591. The molecule has 90 valence electrons. The number of H-pyrrole nitrogens is 1. The van der Waals surface area contributed by atoms with Crippen molar-refractivity contribution in [2.45, 2.75) is 18.6 Å². The Morgan fingerprint density at radius 3 is 3.24 bits per heavy atom. The van der Waals surface area contributed by atoms with Crippen LogP contribution < -0.4 is 10.6 Å². The standard InChI is InChI=1S/C11H15N5O/c17-9-5-12-3-2-8(9)16-11-7-1-4-13-10(7)14-6-15-11/h1,4,6,8-9,12,17H,2-3,5H2,(H2,13,14,15,16)/t8-,9-/m1/s1. The van der Waals surface area contributed by atoms with Gasteiger partial charge in [-0.05, 0) is 19.0 Å². The third kappa shape index (κ3) is 1.96. The van der Waals surface area contributed by atoms with Crippen LogP contribution in [0.5, 0.6) is 0 Å². The molecule has 3 heterocycles. The fraction of sp³-hybridized carbons (Fsp3) is 0.455. The summed E-state index contributed by atoms with van der Waals surface area (Å²) in [5.41, 5.74) is 0.811. The van der Waals surface area contributed by atoms with Crippen LogP contribution in [0, 0.1) is 0 Å². The first-order chi connectivity index (χ1) is 8.34. The molecule has 1 aliphatic heterocycles. The minimum absolute atomic E-state index is 0.0456. The van der Waals surface area contributed by atoms with Crippen molar-refractivity contribution < 1.29 is 5.11 Å². The van der Waals surface area contributed by atoms with Gasteiger partial charge < -0.3 is 20.7 Å². The maximum atomic E-state index is 9.88. The predicted molar refractivity (Wildman–Crippen MR) is 64.8 cm³/mol. The number of hydrogen-bond donors (Lipinski definition) is 4. The van der Waals surface area contributed by atoms with Crippen LogP contribution in [0.1, 0.15) is 6.42 Å². The van der Waals surface area contributed by atoms with Gasteiger partial charge in [-0.1, -0.05) is 0 Å². The van der Waals surface area contributed by atoms with Gasteiger partial charge in [-0.25, -0.2) is 9.97 Å². The van der Waals surface area contributed by atoms with E-state index in [1.54, 1.807) is 0 Å². The number of aliphatic hydroxyl groups excluding tert-OH is 1. The average Bonchev–Trinajstić information content (AvgIpc) is 2.81. The van der Waals surface area contributed by atoms with Crippen molar-refractivity contribution in [1.82, 2.24) is 20.3 Å². The molecule has 1 saturated heterocycles. The Morgan fingerprint density at radius 1 is 1.41 bits per heavy atom. The minimum atomic E-state index is -0.382. The first kappa shape index (κ1) is 10.5. The highest BCUT2D eigenvalue weighted by molar-refractivity contribution is 5.86. The second kappa shape index (κ2) is 4.31. The smallest absolute Gasteiger partial charge is 0.142 e. The van der Waals surface area contributed by atoms with E-state index in [-0.39, 0.29) is 12.1 Å². The SMILES string of the molecule is O[C@@H]1CNCC[C@H]1Nc1ncnc2[nH]ccc12. The largest absolute Gasteiger partial charge is 0.390 e. The predicted octanol–water partition coefficient (Wildman–Crippen LogP) is 0.0926. The third-order valence-electron chi connectivity index (χ3n) is 3.13. The highest BCUT2D eigenvalue weighted by Gasteiger charge is 2.23. The molecule has 0 unspecified atom stereocenters. The van der Waals surface area contributed by atoms with E-state index in [0.717, 1.165) is 29.8 Å². The summed E-state index contributed by atoms with van der Waals surface area (Å²) in [7, 11) is 0. The number of nitrogens with one attached hydrogen (secondary N) is 3. The van der Waals surface area contributed by atoms with Gasteiger partial charge in [-0.2, -0.15) is 0 Å². The monoisotopic (exact) mass is 233 g/mol. The number of anilines is 1. The zero-order valence-corrected chi connectivity index (χ0v) is 9.35.